The van der Waals surface area contributed by atoms with Gasteiger partial charge in [0.2, 0.25) is 5.91 Å². The number of ether oxygens (including phenoxy) is 1. The summed E-state index contributed by atoms with van der Waals surface area (Å²) in [5.74, 6) is 0.528. The Kier molecular flexibility index (Phi) is 5.48. The van der Waals surface area contributed by atoms with Crippen LogP contribution in [0, 0.1) is 0 Å². The van der Waals surface area contributed by atoms with E-state index in [4.69, 9.17) is 26.4 Å². The topological polar surface area (TPSA) is 89.3 Å². The molecule has 28 heavy (non-hydrogen) atoms. The van der Waals surface area contributed by atoms with Crippen LogP contribution in [0.1, 0.15) is 31.6 Å². The van der Waals surface area contributed by atoms with Gasteiger partial charge in [-0.1, -0.05) is 11.6 Å². The van der Waals surface area contributed by atoms with Crippen LogP contribution in [0.4, 0.5) is 0 Å². The van der Waals surface area contributed by atoms with Crippen LogP contribution >= 0.6 is 11.6 Å². The minimum Gasteiger partial charge on any atom is -0.395 e. The van der Waals surface area contributed by atoms with Gasteiger partial charge >= 0.3 is 0 Å². The number of halogens is 1. The van der Waals surface area contributed by atoms with Crippen molar-refractivity contribution in [2.75, 3.05) is 19.8 Å². The van der Waals surface area contributed by atoms with Crippen LogP contribution in [0.3, 0.4) is 0 Å². The lowest BCUT2D eigenvalue weighted by Gasteiger charge is -2.30. The van der Waals surface area contributed by atoms with Gasteiger partial charge in [-0.2, -0.15) is 0 Å². The third kappa shape index (κ3) is 3.70. The molecule has 4 rings (SSSR count). The molecule has 0 aliphatic carbocycles. The van der Waals surface area contributed by atoms with Crippen molar-refractivity contribution in [3.05, 3.63) is 35.2 Å². The Bertz CT molecular complexity index is 1020. The van der Waals surface area contributed by atoms with Crippen LogP contribution in [0.25, 0.3) is 21.9 Å². The highest BCUT2D eigenvalue weighted by Crippen LogP contribution is 2.34. The van der Waals surface area contributed by atoms with E-state index in [1.807, 2.05) is 18.2 Å². The van der Waals surface area contributed by atoms with Gasteiger partial charge in [-0.05, 0) is 38.0 Å². The van der Waals surface area contributed by atoms with E-state index >= 15 is 0 Å². The van der Waals surface area contributed by atoms with Gasteiger partial charge in [0.25, 0.3) is 0 Å². The summed E-state index contributed by atoms with van der Waals surface area (Å²) in [5, 5.41) is 13.2. The van der Waals surface area contributed by atoms with E-state index < -0.39 is 0 Å². The first kappa shape index (κ1) is 19.1. The number of carbonyl (C=O) groups excluding carboxylic acids is 1. The first-order chi connectivity index (χ1) is 13.6. The van der Waals surface area contributed by atoms with Crippen molar-refractivity contribution in [2.45, 2.75) is 38.3 Å². The standard InChI is InChI=1S/C20H23ClN4O3/c1-12-8-14(4-7-28-12)25-18(10-19(27)22-5-6-26)24-17-11-23-16-3-2-13(21)9-15(16)20(17)25/h2-3,9,11-12,14,26H,4-8,10H2,1H3,(H,22,27)/t12-,14-/m1/s1. The molecule has 3 heterocycles. The minimum absolute atomic E-state index is 0.0906. The van der Waals surface area contributed by atoms with Crippen molar-refractivity contribution in [3.63, 3.8) is 0 Å². The second kappa shape index (κ2) is 8.03. The average Bonchev–Trinajstić information content (AvgIpc) is 3.04. The molecule has 0 unspecified atom stereocenters. The fourth-order valence-corrected chi connectivity index (χ4v) is 4.10. The molecule has 0 bridgehead atoms. The molecule has 0 saturated carbocycles. The molecule has 3 aromatic rings. The maximum Gasteiger partial charge on any atom is 0.227 e. The summed E-state index contributed by atoms with van der Waals surface area (Å²) in [6.45, 7) is 2.88. The average molecular weight is 403 g/mol. The number of pyridine rings is 1. The summed E-state index contributed by atoms with van der Waals surface area (Å²) in [6.07, 6.45) is 3.73. The smallest absolute Gasteiger partial charge is 0.227 e. The summed E-state index contributed by atoms with van der Waals surface area (Å²) in [5.41, 5.74) is 2.55. The van der Waals surface area contributed by atoms with Crippen molar-refractivity contribution >= 4 is 39.4 Å². The number of aliphatic hydroxyl groups excluding tert-OH is 1. The highest BCUT2D eigenvalue weighted by molar-refractivity contribution is 6.31. The quantitative estimate of drug-likeness (QED) is 0.684. The number of rotatable bonds is 5. The lowest BCUT2D eigenvalue weighted by atomic mass is 10.0. The predicted molar refractivity (Wildman–Crippen MR) is 108 cm³/mol. The molecule has 8 heteroatoms. The van der Waals surface area contributed by atoms with Crippen LogP contribution in [-0.4, -0.2) is 51.4 Å². The van der Waals surface area contributed by atoms with Gasteiger partial charge < -0.3 is 19.7 Å². The van der Waals surface area contributed by atoms with Gasteiger partial charge in [0, 0.05) is 29.6 Å². The number of carbonyl (C=O) groups is 1. The van der Waals surface area contributed by atoms with Crippen molar-refractivity contribution < 1.29 is 14.6 Å². The van der Waals surface area contributed by atoms with Gasteiger partial charge in [0.15, 0.2) is 0 Å². The lowest BCUT2D eigenvalue weighted by molar-refractivity contribution is -0.120. The number of fused-ring (bicyclic) bond motifs is 3. The molecule has 2 atom stereocenters. The van der Waals surface area contributed by atoms with Gasteiger partial charge in [0.05, 0.1) is 36.4 Å². The highest BCUT2D eigenvalue weighted by Gasteiger charge is 2.27. The van der Waals surface area contributed by atoms with E-state index in [0.717, 1.165) is 34.8 Å². The Morgan fingerprint density at radius 1 is 1.43 bits per heavy atom. The number of aromatic nitrogens is 3. The minimum atomic E-state index is -0.166. The van der Waals surface area contributed by atoms with Crippen molar-refractivity contribution in [1.82, 2.24) is 19.9 Å². The number of nitrogens with zero attached hydrogens (tertiary/aromatic N) is 3. The maximum absolute atomic E-state index is 12.3. The van der Waals surface area contributed by atoms with Crippen LogP contribution in [-0.2, 0) is 16.0 Å². The number of hydrogen-bond acceptors (Lipinski definition) is 5. The molecule has 1 saturated heterocycles. The normalized spacial score (nSPS) is 20.0. The third-order valence-corrected chi connectivity index (χ3v) is 5.36. The fraction of sp³-hybridized carbons (Fsp3) is 0.450. The summed E-state index contributed by atoms with van der Waals surface area (Å²) in [4.78, 5) is 21.6. The molecule has 1 amide bonds. The first-order valence-electron chi connectivity index (χ1n) is 9.51. The van der Waals surface area contributed by atoms with Crippen LogP contribution in [0.5, 0.6) is 0 Å². The Balaban J connectivity index is 1.87. The zero-order chi connectivity index (χ0) is 19.7. The second-order valence-electron chi connectivity index (χ2n) is 7.16. The summed E-state index contributed by atoms with van der Waals surface area (Å²) >= 11 is 6.26. The first-order valence-corrected chi connectivity index (χ1v) is 9.89. The zero-order valence-electron chi connectivity index (χ0n) is 15.7. The van der Waals surface area contributed by atoms with Crippen LogP contribution in [0.15, 0.2) is 24.4 Å². The van der Waals surface area contributed by atoms with Crippen molar-refractivity contribution in [2.24, 2.45) is 0 Å². The molecular formula is C20H23ClN4O3. The SMILES string of the molecule is C[C@@H]1C[C@H](n2c(CC(=O)NCCO)nc3cnc4ccc(Cl)cc4c32)CCO1. The highest BCUT2D eigenvalue weighted by atomic mass is 35.5. The summed E-state index contributed by atoms with van der Waals surface area (Å²) in [7, 11) is 0. The molecule has 0 spiro atoms. The number of benzene rings is 1. The monoisotopic (exact) mass is 402 g/mol. The molecule has 7 nitrogen and oxygen atoms in total. The van der Waals surface area contributed by atoms with Crippen LogP contribution in [0.2, 0.25) is 5.02 Å². The van der Waals surface area contributed by atoms with Crippen molar-refractivity contribution in [3.8, 4) is 0 Å². The summed E-state index contributed by atoms with van der Waals surface area (Å²) in [6, 6.07) is 5.81. The van der Waals surface area contributed by atoms with Crippen molar-refractivity contribution in [1.29, 1.82) is 0 Å². The number of imidazole rings is 1. The predicted octanol–water partition coefficient (Wildman–Crippen LogP) is 2.63. The number of nitrogens with one attached hydrogen (secondary N) is 1. The zero-order valence-corrected chi connectivity index (χ0v) is 16.4. The van der Waals surface area contributed by atoms with E-state index in [1.165, 1.54) is 0 Å². The van der Waals surface area contributed by atoms with E-state index in [1.54, 1.807) is 6.20 Å². The van der Waals surface area contributed by atoms with Crippen LogP contribution < -0.4 is 5.32 Å². The molecule has 2 N–H and O–H groups in total. The number of hydrogen-bond donors (Lipinski definition) is 2. The third-order valence-electron chi connectivity index (χ3n) is 5.13. The van der Waals surface area contributed by atoms with E-state index in [0.29, 0.717) is 17.5 Å². The van der Waals surface area contributed by atoms with Gasteiger partial charge in [-0.25, -0.2) is 4.98 Å². The lowest BCUT2D eigenvalue weighted by Crippen LogP contribution is -2.31. The Hall–Kier alpha value is -2.22. The largest absolute Gasteiger partial charge is 0.395 e. The van der Waals surface area contributed by atoms with E-state index in [-0.39, 0.29) is 37.6 Å². The van der Waals surface area contributed by atoms with E-state index in [9.17, 15) is 4.79 Å². The second-order valence-corrected chi connectivity index (χ2v) is 7.60. The number of amides is 1. The fourth-order valence-electron chi connectivity index (χ4n) is 3.93. The molecule has 1 aromatic carbocycles. The molecule has 1 aliphatic rings. The maximum atomic E-state index is 12.3. The Morgan fingerprint density at radius 3 is 3.07 bits per heavy atom. The molecule has 148 valence electrons. The summed E-state index contributed by atoms with van der Waals surface area (Å²) < 4.78 is 7.90. The molecular weight excluding hydrogens is 380 g/mol. The van der Waals surface area contributed by atoms with Gasteiger partial charge in [-0.3, -0.25) is 9.78 Å². The van der Waals surface area contributed by atoms with Gasteiger partial charge in [-0.15, -0.1) is 0 Å². The number of aliphatic hydroxyl groups is 1. The van der Waals surface area contributed by atoms with Gasteiger partial charge in [0.1, 0.15) is 11.3 Å². The Labute approximate surface area is 167 Å². The van der Waals surface area contributed by atoms with E-state index in [2.05, 4.69) is 21.8 Å². The molecule has 2 aromatic heterocycles. The Morgan fingerprint density at radius 2 is 2.29 bits per heavy atom. The molecule has 1 aliphatic heterocycles. The molecule has 1 fully saturated rings. The molecule has 0 radical (unpaired) electrons.